The molecule has 4 aliphatic rings. The van der Waals surface area contributed by atoms with Crippen molar-refractivity contribution in [3.05, 3.63) is 0 Å². The van der Waals surface area contributed by atoms with E-state index in [-0.39, 0.29) is 17.6 Å². The lowest BCUT2D eigenvalue weighted by Gasteiger charge is -2.62. The van der Waals surface area contributed by atoms with Crippen LogP contribution in [-0.2, 0) is 0 Å². The van der Waals surface area contributed by atoms with Gasteiger partial charge < -0.3 is 10.2 Å². The minimum absolute atomic E-state index is 0.187. The lowest BCUT2D eigenvalue weighted by atomic mass is 9.43. The molecule has 4 fully saturated rings. The summed E-state index contributed by atoms with van der Waals surface area (Å²) in [6.45, 7) is 14.8. The summed E-state index contributed by atoms with van der Waals surface area (Å²) in [5.74, 6) is 5.95. The number of hydrogen-bond acceptors (Lipinski definition) is 2. The van der Waals surface area contributed by atoms with Crippen molar-refractivity contribution in [1.29, 1.82) is 0 Å². The second-order valence-corrected chi connectivity index (χ2v) is 13.2. The van der Waals surface area contributed by atoms with Gasteiger partial charge >= 0.3 is 0 Å². The van der Waals surface area contributed by atoms with Crippen molar-refractivity contribution in [2.24, 2.45) is 58.2 Å². The van der Waals surface area contributed by atoms with E-state index in [2.05, 4.69) is 41.5 Å². The van der Waals surface area contributed by atoms with Gasteiger partial charge in [-0.3, -0.25) is 0 Å². The van der Waals surface area contributed by atoms with Crippen LogP contribution in [-0.4, -0.2) is 22.4 Å². The lowest BCUT2D eigenvalue weighted by Crippen LogP contribution is -2.58. The molecule has 4 saturated carbocycles. The van der Waals surface area contributed by atoms with Crippen molar-refractivity contribution in [1.82, 2.24) is 0 Å². The van der Waals surface area contributed by atoms with Crippen LogP contribution in [0.1, 0.15) is 106 Å². The van der Waals surface area contributed by atoms with E-state index < -0.39 is 0 Å². The van der Waals surface area contributed by atoms with Crippen LogP contribution in [0.3, 0.4) is 0 Å². The number of rotatable bonds is 5. The molecule has 0 radical (unpaired) electrons. The molecule has 0 aromatic carbocycles. The smallest absolute Gasteiger partial charge is 0.0577 e. The molecule has 174 valence electrons. The highest BCUT2D eigenvalue weighted by molar-refractivity contribution is 5.11. The Morgan fingerprint density at radius 2 is 1.43 bits per heavy atom. The predicted octanol–water partition coefficient (Wildman–Crippen LogP) is 6.69. The van der Waals surface area contributed by atoms with Gasteiger partial charge in [-0.2, -0.15) is 0 Å². The molecule has 2 heteroatoms. The maximum Gasteiger partial charge on any atom is 0.0577 e. The van der Waals surface area contributed by atoms with Gasteiger partial charge in [-0.15, -0.1) is 0 Å². The first kappa shape index (κ1) is 23.1. The molecule has 4 aliphatic carbocycles. The van der Waals surface area contributed by atoms with Gasteiger partial charge in [0, 0.05) is 0 Å². The third-order valence-corrected chi connectivity index (χ3v) is 11.6. The molecule has 2 unspecified atom stereocenters. The maximum absolute atomic E-state index is 11.2. The minimum atomic E-state index is -0.197. The summed E-state index contributed by atoms with van der Waals surface area (Å²) >= 11 is 0. The molecule has 0 spiro atoms. The van der Waals surface area contributed by atoms with E-state index in [0.717, 1.165) is 61.2 Å². The normalized spacial score (nSPS) is 50.5. The van der Waals surface area contributed by atoms with Gasteiger partial charge in [-0.25, -0.2) is 0 Å². The van der Waals surface area contributed by atoms with Gasteiger partial charge in [-0.05, 0) is 110 Å². The van der Waals surface area contributed by atoms with Gasteiger partial charge in [0.15, 0.2) is 0 Å². The fourth-order valence-corrected chi connectivity index (χ4v) is 9.31. The van der Waals surface area contributed by atoms with E-state index in [0.29, 0.717) is 17.3 Å². The van der Waals surface area contributed by atoms with Crippen molar-refractivity contribution in [2.75, 3.05) is 0 Å². The standard InChI is InChI=1S/C28H50O2/c1-17(2)18(3)7-8-19(4)22-9-10-23-21-16-26(30)25-15-20(29)11-13-28(25,6)24(21)12-14-27(22,23)5/h17-26,29-30H,7-16H2,1-6H3/t18-,19-,20?,21+,22-,23+,24+,25?,26-,27-,28-/m1/s1. The molecule has 4 rings (SSSR count). The highest BCUT2D eigenvalue weighted by Crippen LogP contribution is 2.68. The van der Waals surface area contributed by atoms with Gasteiger partial charge in [-0.1, -0.05) is 54.4 Å². The molecular weight excluding hydrogens is 368 g/mol. The van der Waals surface area contributed by atoms with E-state index in [1.807, 2.05) is 0 Å². The van der Waals surface area contributed by atoms with Crippen LogP contribution in [0.25, 0.3) is 0 Å². The monoisotopic (exact) mass is 418 g/mol. The first-order chi connectivity index (χ1) is 14.1. The largest absolute Gasteiger partial charge is 0.393 e. The average Bonchev–Trinajstić information content (AvgIpc) is 3.04. The fraction of sp³-hybridized carbons (Fsp3) is 1.00. The summed E-state index contributed by atoms with van der Waals surface area (Å²) in [7, 11) is 0. The second kappa shape index (κ2) is 8.36. The molecule has 2 nitrogen and oxygen atoms in total. The van der Waals surface area contributed by atoms with E-state index in [9.17, 15) is 10.2 Å². The summed E-state index contributed by atoms with van der Waals surface area (Å²) in [6.07, 6.45) is 11.8. The third-order valence-electron chi connectivity index (χ3n) is 11.6. The van der Waals surface area contributed by atoms with Crippen LogP contribution in [0.2, 0.25) is 0 Å². The van der Waals surface area contributed by atoms with Crippen molar-refractivity contribution >= 4 is 0 Å². The second-order valence-electron chi connectivity index (χ2n) is 13.2. The molecule has 0 aliphatic heterocycles. The molecule has 11 atom stereocenters. The highest BCUT2D eigenvalue weighted by atomic mass is 16.3. The van der Waals surface area contributed by atoms with Crippen LogP contribution in [0.4, 0.5) is 0 Å². The number of aliphatic hydroxyl groups excluding tert-OH is 2. The number of fused-ring (bicyclic) bond motifs is 5. The Hall–Kier alpha value is -0.0800. The Morgan fingerprint density at radius 1 is 0.767 bits per heavy atom. The van der Waals surface area contributed by atoms with Crippen molar-refractivity contribution in [3.8, 4) is 0 Å². The van der Waals surface area contributed by atoms with Gasteiger partial charge in [0.1, 0.15) is 0 Å². The Balaban J connectivity index is 1.49. The zero-order chi connectivity index (χ0) is 21.8. The molecule has 0 bridgehead atoms. The zero-order valence-corrected chi connectivity index (χ0v) is 20.7. The number of aliphatic hydroxyl groups is 2. The topological polar surface area (TPSA) is 40.5 Å². The quantitative estimate of drug-likeness (QED) is 0.522. The van der Waals surface area contributed by atoms with Crippen LogP contribution in [0, 0.1) is 58.2 Å². The molecule has 0 aromatic heterocycles. The van der Waals surface area contributed by atoms with Gasteiger partial charge in [0.25, 0.3) is 0 Å². The first-order valence-corrected chi connectivity index (χ1v) is 13.4. The minimum Gasteiger partial charge on any atom is -0.393 e. The van der Waals surface area contributed by atoms with Crippen molar-refractivity contribution in [3.63, 3.8) is 0 Å². The van der Waals surface area contributed by atoms with Crippen LogP contribution in [0.15, 0.2) is 0 Å². The highest BCUT2D eigenvalue weighted by Gasteiger charge is 2.62. The number of hydrogen-bond donors (Lipinski definition) is 2. The summed E-state index contributed by atoms with van der Waals surface area (Å²) in [5.41, 5.74) is 0.734. The van der Waals surface area contributed by atoms with Crippen LogP contribution in [0.5, 0.6) is 0 Å². The molecular formula is C28H50O2. The summed E-state index contributed by atoms with van der Waals surface area (Å²) < 4.78 is 0. The van der Waals surface area contributed by atoms with Gasteiger partial charge in [0.2, 0.25) is 0 Å². The van der Waals surface area contributed by atoms with Crippen LogP contribution < -0.4 is 0 Å². The van der Waals surface area contributed by atoms with E-state index in [1.165, 1.54) is 38.5 Å². The Bertz CT molecular complexity index is 601. The Labute approximate surface area is 186 Å². The molecule has 0 heterocycles. The van der Waals surface area contributed by atoms with Crippen molar-refractivity contribution < 1.29 is 10.2 Å². The lowest BCUT2D eigenvalue weighted by molar-refractivity contribution is -0.172. The van der Waals surface area contributed by atoms with E-state index >= 15 is 0 Å². The molecule has 0 amide bonds. The molecule has 2 N–H and O–H groups in total. The van der Waals surface area contributed by atoms with Crippen LogP contribution >= 0.6 is 0 Å². The van der Waals surface area contributed by atoms with E-state index in [1.54, 1.807) is 0 Å². The molecule has 0 aromatic rings. The Morgan fingerprint density at radius 3 is 2.13 bits per heavy atom. The fourth-order valence-electron chi connectivity index (χ4n) is 9.31. The average molecular weight is 419 g/mol. The molecule has 30 heavy (non-hydrogen) atoms. The summed E-state index contributed by atoms with van der Waals surface area (Å²) in [6, 6.07) is 0. The third kappa shape index (κ3) is 3.70. The molecule has 0 saturated heterocycles. The summed E-state index contributed by atoms with van der Waals surface area (Å²) in [5, 5.41) is 21.5. The van der Waals surface area contributed by atoms with Crippen molar-refractivity contribution in [2.45, 2.75) is 118 Å². The first-order valence-electron chi connectivity index (χ1n) is 13.4. The zero-order valence-electron chi connectivity index (χ0n) is 20.7. The maximum atomic E-state index is 11.2. The SMILES string of the molecule is CC(C)[C@H](C)CC[C@@H](C)[C@H]1CC[C@H]2[C@@H]3C[C@@H](O)C4CC(O)CC[C@]4(C)[C@H]3CC[C@]12C. The Kier molecular flexibility index (Phi) is 6.44. The van der Waals surface area contributed by atoms with Gasteiger partial charge in [0.05, 0.1) is 12.2 Å². The van der Waals surface area contributed by atoms with E-state index in [4.69, 9.17) is 0 Å². The predicted molar refractivity (Wildman–Crippen MR) is 125 cm³/mol. The summed E-state index contributed by atoms with van der Waals surface area (Å²) in [4.78, 5) is 0.